The van der Waals surface area contributed by atoms with Gasteiger partial charge in [0.1, 0.15) is 16.4 Å². The molecule has 6 aromatic rings. The molecule has 0 unspecified atom stereocenters. The van der Waals surface area contributed by atoms with E-state index >= 15 is 0 Å². The maximum atomic E-state index is 13.4. The molecule has 2 amide bonds. The van der Waals surface area contributed by atoms with Gasteiger partial charge < -0.3 is 24.7 Å². The van der Waals surface area contributed by atoms with E-state index in [4.69, 9.17) is 8.92 Å². The number of rotatable bonds is 11. The third-order valence-corrected chi connectivity index (χ3v) is 12.3. The van der Waals surface area contributed by atoms with Crippen LogP contribution in [0.2, 0.25) is 0 Å². The lowest BCUT2D eigenvalue weighted by Crippen LogP contribution is -2.19. The number of phenols is 1. The molecule has 0 bridgehead atoms. The monoisotopic (exact) mass is 886 g/mol. The smallest absolute Gasteiger partial charge is 0.339 e. The second kappa shape index (κ2) is 15.5. The molecule has 59 heavy (non-hydrogen) atoms. The molecule has 6 aromatic carbocycles. The van der Waals surface area contributed by atoms with Crippen LogP contribution in [0.25, 0.3) is 21.5 Å². The second-order valence-corrected chi connectivity index (χ2v) is 18.5. The van der Waals surface area contributed by atoms with E-state index in [9.17, 15) is 57.2 Å². The summed E-state index contributed by atoms with van der Waals surface area (Å²) in [6, 6.07) is 16.7. The second-order valence-electron chi connectivity index (χ2n) is 12.7. The van der Waals surface area contributed by atoms with Crippen molar-refractivity contribution >= 4 is 90.8 Å². The largest absolute Gasteiger partial charge is 0.507 e. The van der Waals surface area contributed by atoms with Crippen molar-refractivity contribution in [2.45, 2.75) is 33.4 Å². The molecule has 0 aliphatic heterocycles. The lowest BCUT2D eigenvalue weighted by Gasteiger charge is -2.15. The molecule has 0 atom stereocenters. The van der Waals surface area contributed by atoms with Crippen molar-refractivity contribution in [2.24, 2.45) is 10.2 Å². The number of amides is 2. The maximum absolute atomic E-state index is 13.4. The van der Waals surface area contributed by atoms with Crippen LogP contribution in [0.1, 0.15) is 11.1 Å². The van der Waals surface area contributed by atoms with Gasteiger partial charge in [0.15, 0.2) is 5.75 Å². The Labute approximate surface area is 336 Å². The van der Waals surface area contributed by atoms with E-state index in [1.807, 2.05) is 0 Å². The first kappa shape index (κ1) is 42.4. The zero-order valence-corrected chi connectivity index (χ0v) is 33.7. The minimum atomic E-state index is -5.05. The Balaban J connectivity index is 1.38. The number of hydrogen-bond donors (Lipinski definition) is 6. The molecule has 0 spiro atoms. The lowest BCUT2D eigenvalue weighted by atomic mass is 10.1. The zero-order chi connectivity index (χ0) is 43.2. The topological polar surface area (TPSA) is 302 Å². The number of carbonyl (C=O) groups is 1. The number of benzene rings is 6. The summed E-state index contributed by atoms with van der Waals surface area (Å²) in [4.78, 5) is 10.5. The van der Waals surface area contributed by atoms with Crippen LogP contribution in [0.4, 0.5) is 27.5 Å². The number of nitrogens with zero attached hydrogens (tertiary/aromatic N) is 2. The molecular formula is C36H30N4O15S4. The molecule has 0 saturated heterocycles. The Morgan fingerprint density at radius 3 is 1.80 bits per heavy atom. The van der Waals surface area contributed by atoms with Gasteiger partial charge in [0.2, 0.25) is 0 Å². The first-order chi connectivity index (χ1) is 27.4. The number of urea groups is 1. The number of hydrogen-bond acceptors (Lipinski definition) is 14. The van der Waals surface area contributed by atoms with Crippen LogP contribution in [-0.2, 0) is 40.5 Å². The molecule has 0 aliphatic carbocycles. The SMILES string of the molecule is COc1cc(N=Nc2cc(S(=O)(=O)O)cc3cc(S(=O)(=O)O)cc(OS(=O)(=O)c4ccc(C)cc4)c23)c(C)cc1NC(=O)Nc1ccc2c(O)cc(S(=O)(=O)O)cc2c1. The summed E-state index contributed by atoms with van der Waals surface area (Å²) in [5.41, 5.74) is 0.964. The normalized spacial score (nSPS) is 12.5. The van der Waals surface area contributed by atoms with Gasteiger partial charge in [0, 0.05) is 29.3 Å². The third kappa shape index (κ3) is 9.41. The van der Waals surface area contributed by atoms with Crippen molar-refractivity contribution < 1.29 is 66.2 Å². The Kier molecular flexibility index (Phi) is 11.2. The Morgan fingerprint density at radius 2 is 1.19 bits per heavy atom. The van der Waals surface area contributed by atoms with Crippen LogP contribution in [-0.4, -0.2) is 65.6 Å². The van der Waals surface area contributed by atoms with Gasteiger partial charge in [-0.1, -0.05) is 17.7 Å². The quantitative estimate of drug-likeness (QED) is 0.0438. The highest BCUT2D eigenvalue weighted by molar-refractivity contribution is 7.87. The molecule has 19 nitrogen and oxygen atoms in total. The van der Waals surface area contributed by atoms with Gasteiger partial charge in [-0.25, -0.2) is 4.79 Å². The standard InChI is InChI=1S/C36H30N4O15S4/c1-19-4-7-24(8-5-19)59(52,53)55-34-17-27(58(49,50)51)14-22-13-25(56(43,44)45)15-31(35(22)34)40-39-29-18-33(54-3)30(10-20(29)2)38-36(42)37-23-6-9-28-21(11-23)12-26(16-32(28)41)57(46,47)48/h4-18,41H,1-3H3,(H2,37,38,42)(H,43,44,45)(H,46,47,48)(H,49,50,51). The summed E-state index contributed by atoms with van der Waals surface area (Å²) in [7, 11) is -18.1. The number of aryl methyl sites for hydroxylation is 2. The predicted molar refractivity (Wildman–Crippen MR) is 213 cm³/mol. The van der Waals surface area contributed by atoms with Gasteiger partial charge in [0.05, 0.1) is 44.2 Å². The third-order valence-electron chi connectivity index (χ3n) is 8.54. The minimum absolute atomic E-state index is 0.0310. The average molecular weight is 887 g/mol. The van der Waals surface area contributed by atoms with Crippen LogP contribution >= 0.6 is 0 Å². The van der Waals surface area contributed by atoms with Gasteiger partial charge in [-0.15, -0.1) is 5.11 Å². The number of azo groups is 1. The summed E-state index contributed by atoms with van der Waals surface area (Å²) in [5.74, 6) is -1.09. The highest BCUT2D eigenvalue weighted by Crippen LogP contribution is 2.42. The maximum Gasteiger partial charge on any atom is 0.339 e. The van der Waals surface area contributed by atoms with Gasteiger partial charge >= 0.3 is 16.1 Å². The highest BCUT2D eigenvalue weighted by Gasteiger charge is 2.25. The van der Waals surface area contributed by atoms with Crippen LogP contribution in [0.3, 0.4) is 0 Å². The van der Waals surface area contributed by atoms with Crippen LogP contribution in [0.5, 0.6) is 17.2 Å². The van der Waals surface area contributed by atoms with Crippen LogP contribution in [0.15, 0.2) is 121 Å². The fourth-order valence-corrected chi connectivity index (χ4v) is 8.25. The molecule has 0 aliphatic rings. The first-order valence-corrected chi connectivity index (χ1v) is 22.2. The van der Waals surface area contributed by atoms with E-state index < -0.39 is 78.4 Å². The Hall–Kier alpha value is -6.21. The molecule has 0 fully saturated rings. The lowest BCUT2D eigenvalue weighted by molar-refractivity contribution is 0.262. The zero-order valence-electron chi connectivity index (χ0n) is 30.5. The van der Waals surface area contributed by atoms with Crippen molar-refractivity contribution in [3.8, 4) is 17.2 Å². The van der Waals surface area contributed by atoms with Gasteiger partial charge in [-0.3, -0.25) is 13.7 Å². The molecule has 0 heterocycles. The molecule has 308 valence electrons. The summed E-state index contributed by atoms with van der Waals surface area (Å²) in [6.45, 7) is 3.26. The number of ether oxygens (including phenoxy) is 1. The Morgan fingerprint density at radius 1 is 0.610 bits per heavy atom. The minimum Gasteiger partial charge on any atom is -0.507 e. The van der Waals surface area contributed by atoms with E-state index in [0.717, 1.165) is 30.3 Å². The van der Waals surface area contributed by atoms with Crippen molar-refractivity contribution in [2.75, 3.05) is 17.7 Å². The molecular weight excluding hydrogens is 857 g/mol. The van der Waals surface area contributed by atoms with Gasteiger partial charge in [-0.05, 0) is 90.8 Å². The molecule has 0 radical (unpaired) electrons. The fraction of sp³-hybridized carbons (Fsp3) is 0.0833. The molecule has 0 saturated carbocycles. The van der Waals surface area contributed by atoms with Crippen LogP contribution in [0, 0.1) is 13.8 Å². The van der Waals surface area contributed by atoms with E-state index in [-0.39, 0.29) is 49.3 Å². The van der Waals surface area contributed by atoms with E-state index in [2.05, 4.69) is 20.9 Å². The van der Waals surface area contributed by atoms with Crippen molar-refractivity contribution in [1.82, 2.24) is 0 Å². The van der Waals surface area contributed by atoms with Crippen molar-refractivity contribution in [3.63, 3.8) is 0 Å². The number of phenolic OH excluding ortho intramolecular Hbond substituents is 1. The number of aromatic hydroxyl groups is 1. The molecule has 6 rings (SSSR count). The first-order valence-electron chi connectivity index (χ1n) is 16.4. The number of nitrogens with one attached hydrogen (secondary N) is 2. The van der Waals surface area contributed by atoms with Crippen molar-refractivity contribution in [3.05, 3.63) is 102 Å². The summed E-state index contributed by atoms with van der Waals surface area (Å²) >= 11 is 0. The predicted octanol–water partition coefficient (Wildman–Crippen LogP) is 6.89. The van der Waals surface area contributed by atoms with E-state index in [1.165, 1.54) is 61.7 Å². The highest BCUT2D eigenvalue weighted by atomic mass is 32.2. The number of anilines is 2. The van der Waals surface area contributed by atoms with Gasteiger partial charge in [-0.2, -0.15) is 38.8 Å². The molecule has 23 heteroatoms. The van der Waals surface area contributed by atoms with E-state index in [1.54, 1.807) is 13.8 Å². The molecule has 0 aromatic heterocycles. The number of fused-ring (bicyclic) bond motifs is 2. The summed E-state index contributed by atoms with van der Waals surface area (Å²) in [6.07, 6.45) is 0. The van der Waals surface area contributed by atoms with Crippen LogP contribution < -0.4 is 19.6 Å². The average Bonchev–Trinajstić information content (AvgIpc) is 3.12. The summed E-state index contributed by atoms with van der Waals surface area (Å²) in [5, 5.41) is 23.4. The Bertz CT molecular complexity index is 3210. The van der Waals surface area contributed by atoms with Crippen molar-refractivity contribution in [1.29, 1.82) is 0 Å². The summed E-state index contributed by atoms with van der Waals surface area (Å²) < 4.78 is 139. The van der Waals surface area contributed by atoms with Gasteiger partial charge in [0.25, 0.3) is 30.4 Å². The number of methoxy groups -OCH3 is 1. The fourth-order valence-electron chi connectivity index (χ4n) is 5.71. The number of carbonyl (C=O) groups excluding carboxylic acids is 1. The van der Waals surface area contributed by atoms with E-state index in [0.29, 0.717) is 17.2 Å². The molecule has 6 N–H and O–H groups in total.